The Morgan fingerprint density at radius 3 is 1.40 bits per heavy atom. The first-order valence-electron chi connectivity index (χ1n) is 0.569. The smallest absolute Gasteiger partial charge is 0.409 e. The van der Waals surface area contributed by atoms with E-state index < -0.39 is 10.9 Å². The van der Waals surface area contributed by atoms with Gasteiger partial charge in [-0.15, -0.1) is 0 Å². The molecule has 0 aromatic rings. The molecule has 0 fully saturated rings. The normalized spacial score (nSPS) is 6.80. The van der Waals surface area contributed by atoms with Gasteiger partial charge in [-0.1, -0.05) is 0 Å². The number of nitrogens with two attached hydrogens (primary N) is 1. The van der Waals surface area contributed by atoms with E-state index in [2.05, 4.69) is 5.14 Å². The summed E-state index contributed by atoms with van der Waals surface area (Å²) in [5.41, 5.74) is 0. The molecule has 0 spiro atoms. The molecule has 0 bridgehead atoms. The molecule has 5 heavy (non-hydrogen) atoms. The minimum absolute atomic E-state index is 0. The maximum absolute atomic E-state index is 8.78. The Morgan fingerprint density at radius 2 is 1.40 bits per heavy atom. The van der Waals surface area contributed by atoms with Crippen molar-refractivity contribution in [2.24, 2.45) is 5.14 Å². The molecule has 1 radical (unpaired) electrons. The molecule has 0 unspecified atom stereocenters. The SMILES string of the molecule is N[S-](=O)=O.[Ru+]. The van der Waals surface area contributed by atoms with Crippen LogP contribution in [0.1, 0.15) is 0 Å². The van der Waals surface area contributed by atoms with Crippen LogP contribution in [0, 0.1) is 0 Å². The monoisotopic (exact) mass is 182 g/mol. The van der Waals surface area contributed by atoms with Crippen molar-refractivity contribution in [2.75, 3.05) is 0 Å². The summed E-state index contributed by atoms with van der Waals surface area (Å²) in [5.74, 6) is 0. The molecule has 5 heteroatoms. The topological polar surface area (TPSA) is 60.2 Å². The van der Waals surface area contributed by atoms with Gasteiger partial charge in [-0.25, -0.2) is 0 Å². The summed E-state index contributed by atoms with van der Waals surface area (Å²) in [6.45, 7) is 0. The fourth-order valence-corrected chi connectivity index (χ4v) is 0. The summed E-state index contributed by atoms with van der Waals surface area (Å²) in [7, 11) is -2.36. The van der Waals surface area contributed by atoms with E-state index in [1.807, 2.05) is 0 Å². The fraction of sp³-hybridized carbons (Fsp3) is 0. The summed E-state index contributed by atoms with van der Waals surface area (Å²) in [6, 6.07) is 0. The summed E-state index contributed by atoms with van der Waals surface area (Å²) in [6.07, 6.45) is 0. The first-order chi connectivity index (χ1) is 1.73. The molecule has 3 nitrogen and oxygen atoms in total. The van der Waals surface area contributed by atoms with Crippen molar-refractivity contribution in [2.45, 2.75) is 0 Å². The zero-order valence-electron chi connectivity index (χ0n) is 2.16. The van der Waals surface area contributed by atoms with E-state index in [1.165, 1.54) is 0 Å². The van der Waals surface area contributed by atoms with Gasteiger partial charge in [0.2, 0.25) is 0 Å². The van der Waals surface area contributed by atoms with Gasteiger partial charge in [0.25, 0.3) is 0 Å². The molecular weight excluding hydrogens is 179 g/mol. The van der Waals surface area contributed by atoms with Crippen LogP contribution in [0.5, 0.6) is 0 Å². The van der Waals surface area contributed by atoms with Crippen molar-refractivity contribution < 1.29 is 27.9 Å². The Labute approximate surface area is 44.4 Å². The zero-order chi connectivity index (χ0) is 3.58. The van der Waals surface area contributed by atoms with Crippen molar-refractivity contribution >= 4 is 10.9 Å². The zero-order valence-corrected chi connectivity index (χ0v) is 4.71. The van der Waals surface area contributed by atoms with Gasteiger partial charge < -0.3 is 13.6 Å². The summed E-state index contributed by atoms with van der Waals surface area (Å²) >= 11 is 0. The standard InChI is InChI=1S/H2NO2S.Ru/c1-4(2)3;/h(H2,1,2,3);/q-1;+1. The van der Waals surface area contributed by atoms with Crippen LogP contribution >= 0.6 is 0 Å². The van der Waals surface area contributed by atoms with E-state index >= 15 is 0 Å². The molecule has 0 amide bonds. The summed E-state index contributed by atoms with van der Waals surface area (Å²) in [4.78, 5) is 0. The van der Waals surface area contributed by atoms with Gasteiger partial charge in [0, 0.05) is 0 Å². The largest absolute Gasteiger partial charge is 1.00 e. The Hall–Kier alpha value is 0.533. The van der Waals surface area contributed by atoms with E-state index in [-0.39, 0.29) is 19.5 Å². The molecule has 0 aliphatic heterocycles. The number of rotatable bonds is 0. The van der Waals surface area contributed by atoms with Crippen LogP contribution in [-0.2, 0) is 38.8 Å². The first kappa shape index (κ1) is 9.11. The Kier molecular flexibility index (Phi) is 8.26. The van der Waals surface area contributed by atoms with Gasteiger partial charge >= 0.3 is 19.5 Å². The minimum Gasteiger partial charge on any atom is -0.409 e. The maximum Gasteiger partial charge on any atom is 1.00 e. The third kappa shape index (κ3) is 102. The van der Waals surface area contributed by atoms with Gasteiger partial charge in [0.1, 0.15) is 0 Å². The predicted octanol–water partition coefficient (Wildman–Crippen LogP) is -0.833. The molecule has 33 valence electrons. The van der Waals surface area contributed by atoms with Crippen molar-refractivity contribution in [3.63, 3.8) is 0 Å². The first-order valence-corrected chi connectivity index (χ1v) is 1.71. The predicted molar refractivity (Wildman–Crippen MR) is 12.9 cm³/mol. The van der Waals surface area contributed by atoms with Crippen LogP contribution in [0.2, 0.25) is 0 Å². The van der Waals surface area contributed by atoms with Crippen molar-refractivity contribution in [3.05, 3.63) is 0 Å². The molecular formula is H2NO2RuS. The molecule has 0 aliphatic carbocycles. The van der Waals surface area contributed by atoms with Gasteiger partial charge in [-0.05, 0) is 10.9 Å². The van der Waals surface area contributed by atoms with Crippen LogP contribution in [-0.4, -0.2) is 0 Å². The molecule has 0 atom stereocenters. The Balaban J connectivity index is 0. The Bertz CT molecular complexity index is 58.0. The van der Waals surface area contributed by atoms with Crippen LogP contribution in [0.4, 0.5) is 0 Å². The van der Waals surface area contributed by atoms with E-state index in [0.29, 0.717) is 0 Å². The van der Waals surface area contributed by atoms with Crippen LogP contribution in [0.25, 0.3) is 0 Å². The van der Waals surface area contributed by atoms with E-state index in [4.69, 9.17) is 8.42 Å². The van der Waals surface area contributed by atoms with E-state index in [9.17, 15) is 0 Å². The summed E-state index contributed by atoms with van der Waals surface area (Å²) < 4.78 is 17.6. The second kappa shape index (κ2) is 4.53. The third-order valence-electron chi connectivity index (χ3n) is 0. The molecule has 0 rings (SSSR count). The van der Waals surface area contributed by atoms with Gasteiger partial charge in [-0.3, -0.25) is 0 Å². The molecule has 0 aromatic carbocycles. The second-order valence-electron chi connectivity index (χ2n) is 0.260. The minimum atomic E-state index is -2.36. The second-order valence-corrected chi connectivity index (χ2v) is 0.781. The average molecular weight is 181 g/mol. The van der Waals surface area contributed by atoms with Gasteiger partial charge in [0.05, 0.1) is 0 Å². The Morgan fingerprint density at radius 1 is 1.40 bits per heavy atom. The average Bonchev–Trinajstić information content (AvgIpc) is 0.811. The van der Waals surface area contributed by atoms with Crippen molar-refractivity contribution in [3.8, 4) is 0 Å². The van der Waals surface area contributed by atoms with Crippen molar-refractivity contribution in [1.82, 2.24) is 0 Å². The number of hydrogen-bond donors (Lipinski definition) is 1. The molecule has 0 saturated carbocycles. The molecule has 0 aromatic heterocycles. The molecule has 0 heterocycles. The fourth-order valence-electron chi connectivity index (χ4n) is 0. The van der Waals surface area contributed by atoms with Crippen molar-refractivity contribution in [1.29, 1.82) is 0 Å². The number of hydrogen-bond acceptors (Lipinski definition) is 3. The quantitative estimate of drug-likeness (QED) is 0.391. The third-order valence-corrected chi connectivity index (χ3v) is 0. The van der Waals surface area contributed by atoms with E-state index in [0.717, 1.165) is 0 Å². The van der Waals surface area contributed by atoms with Crippen LogP contribution < -0.4 is 5.14 Å². The van der Waals surface area contributed by atoms with Gasteiger partial charge in [-0.2, -0.15) is 0 Å². The maximum atomic E-state index is 8.78. The van der Waals surface area contributed by atoms with Crippen LogP contribution in [0.3, 0.4) is 0 Å². The molecule has 2 N–H and O–H groups in total. The molecule has 0 saturated heterocycles. The van der Waals surface area contributed by atoms with E-state index in [1.54, 1.807) is 0 Å². The van der Waals surface area contributed by atoms with Crippen LogP contribution in [0.15, 0.2) is 0 Å². The summed E-state index contributed by atoms with van der Waals surface area (Å²) in [5, 5.41) is 4.03. The van der Waals surface area contributed by atoms with Gasteiger partial charge in [0.15, 0.2) is 0 Å². The molecule has 0 aliphatic rings.